The number of sulfone groups is 1. The molecule has 1 aliphatic rings. The minimum atomic E-state index is -3.94. The van der Waals surface area contributed by atoms with Crippen molar-refractivity contribution in [2.45, 2.75) is 37.8 Å². The number of hydrogen-bond acceptors (Lipinski definition) is 8. The zero-order valence-electron chi connectivity index (χ0n) is 23.7. The quantitative estimate of drug-likeness (QED) is 0.314. The summed E-state index contributed by atoms with van der Waals surface area (Å²) in [7, 11) is -3.94. The molecule has 0 aliphatic carbocycles. The lowest BCUT2D eigenvalue weighted by Crippen LogP contribution is -2.58. The van der Waals surface area contributed by atoms with Crippen LogP contribution >= 0.6 is 0 Å². The van der Waals surface area contributed by atoms with Gasteiger partial charge < -0.3 is 9.80 Å². The van der Waals surface area contributed by atoms with E-state index in [0.717, 1.165) is 35.1 Å². The van der Waals surface area contributed by atoms with E-state index in [0.29, 0.717) is 0 Å². The fourth-order valence-electron chi connectivity index (χ4n) is 5.56. The number of carbonyl (C=O) groups is 1. The molecule has 3 aromatic heterocycles. The predicted molar refractivity (Wildman–Crippen MR) is 154 cm³/mol. The first-order valence-electron chi connectivity index (χ1n) is 13.2. The maximum absolute atomic E-state index is 15.8. The van der Waals surface area contributed by atoms with Gasteiger partial charge in [0.15, 0.2) is 21.3 Å². The second kappa shape index (κ2) is 10.9. The Morgan fingerprint density at radius 1 is 1.05 bits per heavy atom. The highest BCUT2D eigenvalue weighted by atomic mass is 32.2. The highest BCUT2D eigenvalue weighted by Crippen LogP contribution is 2.35. The number of piperazine rings is 1. The monoisotopic (exact) mass is 612 g/mol. The molecule has 0 saturated carbocycles. The average Bonchev–Trinajstić information content (AvgIpc) is 2.92. The third-order valence-electron chi connectivity index (χ3n) is 7.34. The molecule has 4 aromatic rings. The summed E-state index contributed by atoms with van der Waals surface area (Å²) in [5.74, 6) is -3.55. The van der Waals surface area contributed by atoms with Crippen molar-refractivity contribution in [3.8, 4) is 16.9 Å². The smallest absolute Gasteiger partial charge is 0.347 e. The molecule has 1 aliphatic heterocycles. The van der Waals surface area contributed by atoms with Crippen molar-refractivity contribution >= 4 is 32.6 Å². The van der Waals surface area contributed by atoms with Crippen molar-refractivity contribution in [3.63, 3.8) is 0 Å². The Morgan fingerprint density at radius 3 is 2.26 bits per heavy atom. The Labute approximate surface area is 245 Å². The molecule has 0 N–H and O–H groups in total. The summed E-state index contributed by atoms with van der Waals surface area (Å²) >= 11 is 0. The zero-order valence-corrected chi connectivity index (χ0v) is 24.5. The molecule has 0 unspecified atom stereocenters. The topological polar surface area (TPSA) is 118 Å². The fourth-order valence-corrected chi connectivity index (χ4v) is 6.46. The summed E-state index contributed by atoms with van der Waals surface area (Å²) in [4.78, 5) is 41.9. The second-order valence-corrected chi connectivity index (χ2v) is 12.4. The fraction of sp³-hybridized carbons (Fsp3) is 0.276. The molecule has 0 radical (unpaired) electrons. The molecule has 224 valence electrons. The molecule has 4 heterocycles. The van der Waals surface area contributed by atoms with Gasteiger partial charge in [0.05, 0.1) is 27.2 Å². The summed E-state index contributed by atoms with van der Waals surface area (Å²) in [6.45, 7) is 9.04. The lowest BCUT2D eigenvalue weighted by atomic mass is 10.1. The minimum absolute atomic E-state index is 0.0105. The Balaban J connectivity index is 1.89. The number of aromatic nitrogens is 4. The van der Waals surface area contributed by atoms with Crippen LogP contribution in [0.25, 0.3) is 28.0 Å². The molecule has 1 fully saturated rings. The molecule has 0 spiro atoms. The second-order valence-electron chi connectivity index (χ2n) is 10.4. The van der Waals surface area contributed by atoms with Crippen LogP contribution in [0.3, 0.4) is 0 Å². The van der Waals surface area contributed by atoms with E-state index in [1.165, 1.54) is 25.3 Å². The predicted octanol–water partition coefficient (Wildman–Crippen LogP) is 3.58. The van der Waals surface area contributed by atoms with Crippen LogP contribution < -0.4 is 10.6 Å². The van der Waals surface area contributed by atoms with Gasteiger partial charge in [0.1, 0.15) is 23.1 Å². The van der Waals surface area contributed by atoms with Crippen LogP contribution in [0.15, 0.2) is 58.9 Å². The number of amides is 1. The van der Waals surface area contributed by atoms with Crippen molar-refractivity contribution in [2.24, 2.45) is 0 Å². The molecule has 14 heteroatoms. The Morgan fingerprint density at radius 2 is 1.67 bits per heavy atom. The number of anilines is 1. The zero-order chi connectivity index (χ0) is 31.4. The minimum Gasteiger partial charge on any atom is -0.347 e. The molecule has 43 heavy (non-hydrogen) atoms. The molecule has 2 atom stereocenters. The summed E-state index contributed by atoms with van der Waals surface area (Å²) in [6.07, 6.45) is 3.40. The van der Waals surface area contributed by atoms with Gasteiger partial charge in [-0.2, -0.15) is 4.98 Å². The van der Waals surface area contributed by atoms with Crippen LogP contribution in [0.1, 0.15) is 19.5 Å². The molecule has 0 bridgehead atoms. The van der Waals surface area contributed by atoms with Crippen LogP contribution in [0.4, 0.5) is 19.0 Å². The Bertz CT molecular complexity index is 1950. The number of aryl methyl sites for hydroxylation is 1. The summed E-state index contributed by atoms with van der Waals surface area (Å²) in [6, 6.07) is 4.32. The van der Waals surface area contributed by atoms with Crippen LogP contribution in [-0.2, 0) is 14.6 Å². The third kappa shape index (κ3) is 5.15. The van der Waals surface area contributed by atoms with E-state index in [2.05, 4.69) is 21.5 Å². The first-order valence-corrected chi connectivity index (χ1v) is 15.1. The number of halogens is 3. The molecule has 1 aromatic carbocycles. The van der Waals surface area contributed by atoms with E-state index in [1.54, 1.807) is 23.6 Å². The molecular weight excluding hydrogens is 585 g/mol. The lowest BCUT2D eigenvalue weighted by Gasteiger charge is -2.45. The van der Waals surface area contributed by atoms with Crippen LogP contribution in [0, 0.1) is 24.4 Å². The van der Waals surface area contributed by atoms with Crippen molar-refractivity contribution in [1.82, 2.24) is 24.4 Å². The standard InChI is InChI=1S/C29H27F3N6O4S/c1-6-23(39)36-13-15(2)37(16(3)14-36)28-18-12-21(32)25(24-19(30)8-7-9-20(24)31)34-27(18)38(29(40)35-28)26-17(4)33-11-10-22(26)43(5,41)42/h6-12,15-16H,1,13-14H2,2-5H3/t15-,16+. The van der Waals surface area contributed by atoms with E-state index in [4.69, 9.17) is 0 Å². The van der Waals surface area contributed by atoms with E-state index in [9.17, 15) is 26.8 Å². The Kier molecular flexibility index (Phi) is 7.59. The number of fused-ring (bicyclic) bond motifs is 1. The number of hydrogen-bond donors (Lipinski definition) is 0. The van der Waals surface area contributed by atoms with Gasteiger partial charge in [-0.15, -0.1) is 0 Å². The van der Waals surface area contributed by atoms with E-state index >= 15 is 4.39 Å². The van der Waals surface area contributed by atoms with Gasteiger partial charge in [0.2, 0.25) is 5.91 Å². The van der Waals surface area contributed by atoms with Gasteiger partial charge in [0, 0.05) is 37.6 Å². The Hall–Kier alpha value is -4.59. The van der Waals surface area contributed by atoms with Gasteiger partial charge >= 0.3 is 5.69 Å². The van der Waals surface area contributed by atoms with Gasteiger partial charge in [0.25, 0.3) is 0 Å². The van der Waals surface area contributed by atoms with Gasteiger partial charge in [-0.1, -0.05) is 12.6 Å². The lowest BCUT2D eigenvalue weighted by molar-refractivity contribution is -0.127. The molecule has 1 saturated heterocycles. The summed E-state index contributed by atoms with van der Waals surface area (Å²) < 4.78 is 71.9. The van der Waals surface area contributed by atoms with Crippen LogP contribution in [0.2, 0.25) is 0 Å². The highest BCUT2D eigenvalue weighted by molar-refractivity contribution is 7.90. The maximum atomic E-state index is 15.8. The van der Waals surface area contributed by atoms with Crippen LogP contribution in [0.5, 0.6) is 0 Å². The molecule has 1 amide bonds. The van der Waals surface area contributed by atoms with Gasteiger partial charge in [-0.3, -0.25) is 9.78 Å². The number of nitrogens with zero attached hydrogens (tertiary/aromatic N) is 6. The molecule has 10 nitrogen and oxygen atoms in total. The van der Waals surface area contributed by atoms with E-state index in [1.807, 2.05) is 0 Å². The van der Waals surface area contributed by atoms with Gasteiger partial charge in [-0.25, -0.2) is 35.9 Å². The maximum Gasteiger partial charge on any atom is 0.355 e. The third-order valence-corrected chi connectivity index (χ3v) is 8.47. The van der Waals surface area contributed by atoms with Crippen molar-refractivity contribution < 1.29 is 26.4 Å². The first-order chi connectivity index (χ1) is 20.2. The number of pyridine rings is 2. The number of carbonyl (C=O) groups excluding carboxylic acids is 1. The summed E-state index contributed by atoms with van der Waals surface area (Å²) in [5, 5.41) is -0.0255. The normalized spacial score (nSPS) is 17.4. The van der Waals surface area contributed by atoms with Crippen molar-refractivity contribution in [1.29, 1.82) is 0 Å². The molecular formula is C29H27F3N6O4S. The average molecular weight is 613 g/mol. The number of benzene rings is 1. The van der Waals surface area contributed by atoms with E-state index in [-0.39, 0.29) is 52.1 Å². The highest BCUT2D eigenvalue weighted by Gasteiger charge is 2.35. The van der Waals surface area contributed by atoms with E-state index < -0.39 is 56.3 Å². The first kappa shape index (κ1) is 29.9. The largest absolute Gasteiger partial charge is 0.355 e. The van der Waals surface area contributed by atoms with Crippen molar-refractivity contribution in [3.05, 3.63) is 82.8 Å². The molecule has 5 rings (SSSR count). The van der Waals surface area contributed by atoms with Crippen LogP contribution in [-0.4, -0.2) is 70.2 Å². The SMILES string of the molecule is C=CC(=O)N1C[C@@H](C)N(c2nc(=O)n(-c3c(S(C)(=O)=O)ccnc3C)c3nc(-c4c(F)cccc4F)c(F)cc23)[C@@H](C)C1. The van der Waals surface area contributed by atoms with Crippen molar-refractivity contribution in [2.75, 3.05) is 24.2 Å². The number of rotatable bonds is 5. The summed E-state index contributed by atoms with van der Waals surface area (Å²) in [5.41, 5.74) is -2.82. The van der Waals surface area contributed by atoms with Gasteiger partial charge in [-0.05, 0) is 51.1 Å².